The van der Waals surface area contributed by atoms with Gasteiger partial charge < -0.3 is 5.73 Å². The van der Waals surface area contributed by atoms with Crippen molar-refractivity contribution in [1.82, 2.24) is 0 Å². The lowest BCUT2D eigenvalue weighted by Gasteiger charge is -2.27. The Morgan fingerprint density at radius 3 is 2.73 bits per heavy atom. The minimum Gasteiger partial charge on any atom is -0.324 e. The Bertz CT molecular complexity index is 225. The molecule has 58 valence electrons. The largest absolute Gasteiger partial charge is 0.324 e. The van der Waals surface area contributed by atoms with Gasteiger partial charge in [0.15, 0.2) is 0 Å². The molecule has 2 N–H and O–H groups in total. The molecule has 0 amide bonds. The number of fused-ring (bicyclic) bond motifs is 1. The van der Waals surface area contributed by atoms with E-state index in [0.717, 1.165) is 6.42 Å². The van der Waals surface area contributed by atoms with Crippen LogP contribution in [0, 0.1) is 11.8 Å². The highest BCUT2D eigenvalue weighted by Gasteiger charge is 2.21. The van der Waals surface area contributed by atoms with Crippen molar-refractivity contribution >= 4 is 0 Å². The second kappa shape index (κ2) is 2.67. The third-order valence-corrected chi connectivity index (χ3v) is 2.42. The average molecular weight is 147 g/mol. The normalized spacial score (nSPS) is 40.6. The zero-order valence-electron chi connectivity index (χ0n) is 6.48. The van der Waals surface area contributed by atoms with Gasteiger partial charge in [-0.3, -0.25) is 0 Å². The molecule has 0 saturated carbocycles. The summed E-state index contributed by atoms with van der Waals surface area (Å²) in [6.07, 6.45) is 14.2. The van der Waals surface area contributed by atoms with E-state index in [9.17, 15) is 0 Å². The standard InChI is InChI=1S/C10H13N/c11-10-6-5-8-3-1-2-4-9(8)7-10/h1-6,8-10H,7,11H2/t8?,9-,10?/m0/s1. The topological polar surface area (TPSA) is 26.0 Å². The van der Waals surface area contributed by atoms with Gasteiger partial charge in [-0.05, 0) is 12.3 Å². The summed E-state index contributed by atoms with van der Waals surface area (Å²) in [6.45, 7) is 0. The number of rotatable bonds is 0. The molecular formula is C10H13N. The quantitative estimate of drug-likeness (QED) is 0.518. The fourth-order valence-corrected chi connectivity index (χ4v) is 1.78. The minimum absolute atomic E-state index is 0.271. The molecule has 1 heteroatoms. The SMILES string of the molecule is NC1C=CC2C=CC=C[C@H]2C1. The summed E-state index contributed by atoms with van der Waals surface area (Å²) in [5.74, 6) is 1.26. The van der Waals surface area contributed by atoms with Gasteiger partial charge in [-0.2, -0.15) is 0 Å². The van der Waals surface area contributed by atoms with Gasteiger partial charge in [0.05, 0.1) is 0 Å². The molecular weight excluding hydrogens is 134 g/mol. The van der Waals surface area contributed by atoms with E-state index in [-0.39, 0.29) is 6.04 Å². The van der Waals surface area contributed by atoms with E-state index in [4.69, 9.17) is 5.73 Å². The van der Waals surface area contributed by atoms with Gasteiger partial charge in [0.1, 0.15) is 0 Å². The van der Waals surface area contributed by atoms with Gasteiger partial charge in [0.25, 0.3) is 0 Å². The fourth-order valence-electron chi connectivity index (χ4n) is 1.78. The second-order valence-corrected chi connectivity index (χ2v) is 3.30. The molecule has 0 spiro atoms. The van der Waals surface area contributed by atoms with Crippen molar-refractivity contribution in [3.05, 3.63) is 36.5 Å². The van der Waals surface area contributed by atoms with Gasteiger partial charge in [-0.25, -0.2) is 0 Å². The van der Waals surface area contributed by atoms with E-state index in [1.807, 2.05) is 0 Å². The first-order valence-corrected chi connectivity index (χ1v) is 4.15. The fraction of sp³-hybridized carbons (Fsp3) is 0.400. The molecule has 0 aliphatic heterocycles. The number of nitrogens with two attached hydrogens (primary N) is 1. The molecule has 0 aromatic heterocycles. The summed E-state index contributed by atoms with van der Waals surface area (Å²) in [6, 6.07) is 0.271. The van der Waals surface area contributed by atoms with Gasteiger partial charge in [-0.1, -0.05) is 36.5 Å². The lowest BCUT2D eigenvalue weighted by Crippen LogP contribution is -2.28. The Kier molecular flexibility index (Phi) is 1.66. The Morgan fingerprint density at radius 1 is 1.00 bits per heavy atom. The molecule has 2 aliphatic rings. The first-order chi connectivity index (χ1) is 5.36. The molecule has 3 atom stereocenters. The lowest BCUT2D eigenvalue weighted by molar-refractivity contribution is 0.459. The molecule has 0 radical (unpaired) electrons. The van der Waals surface area contributed by atoms with Crippen LogP contribution >= 0.6 is 0 Å². The lowest BCUT2D eigenvalue weighted by atomic mass is 9.80. The monoisotopic (exact) mass is 147 g/mol. The maximum Gasteiger partial charge on any atom is 0.0229 e. The average Bonchev–Trinajstić information content (AvgIpc) is 2.04. The van der Waals surface area contributed by atoms with Crippen LogP contribution in [0.5, 0.6) is 0 Å². The first-order valence-electron chi connectivity index (χ1n) is 4.15. The van der Waals surface area contributed by atoms with E-state index < -0.39 is 0 Å². The van der Waals surface area contributed by atoms with Crippen LogP contribution in [0.2, 0.25) is 0 Å². The summed E-state index contributed by atoms with van der Waals surface area (Å²) in [4.78, 5) is 0. The molecule has 11 heavy (non-hydrogen) atoms. The van der Waals surface area contributed by atoms with Gasteiger partial charge in [0.2, 0.25) is 0 Å². The molecule has 2 unspecified atom stereocenters. The zero-order chi connectivity index (χ0) is 7.68. The van der Waals surface area contributed by atoms with Crippen LogP contribution in [0.25, 0.3) is 0 Å². The van der Waals surface area contributed by atoms with Gasteiger partial charge in [-0.15, -0.1) is 0 Å². The van der Waals surface area contributed by atoms with Crippen LogP contribution in [-0.4, -0.2) is 6.04 Å². The van der Waals surface area contributed by atoms with Crippen molar-refractivity contribution < 1.29 is 0 Å². The number of hydrogen-bond donors (Lipinski definition) is 1. The molecule has 0 saturated heterocycles. The smallest absolute Gasteiger partial charge is 0.0229 e. The molecule has 0 fully saturated rings. The van der Waals surface area contributed by atoms with Crippen molar-refractivity contribution in [2.24, 2.45) is 17.6 Å². The predicted octanol–water partition coefficient (Wildman–Crippen LogP) is 1.63. The summed E-state index contributed by atoms with van der Waals surface area (Å²) < 4.78 is 0. The number of allylic oxidation sites excluding steroid dienone is 5. The summed E-state index contributed by atoms with van der Waals surface area (Å²) >= 11 is 0. The van der Waals surface area contributed by atoms with Crippen molar-refractivity contribution in [2.75, 3.05) is 0 Å². The van der Waals surface area contributed by atoms with Crippen LogP contribution in [0.1, 0.15) is 6.42 Å². The summed E-state index contributed by atoms with van der Waals surface area (Å²) in [5.41, 5.74) is 5.80. The summed E-state index contributed by atoms with van der Waals surface area (Å²) in [5, 5.41) is 0. The maximum atomic E-state index is 5.80. The zero-order valence-corrected chi connectivity index (χ0v) is 6.48. The van der Waals surface area contributed by atoms with Crippen molar-refractivity contribution in [3.63, 3.8) is 0 Å². The van der Waals surface area contributed by atoms with E-state index >= 15 is 0 Å². The van der Waals surface area contributed by atoms with Gasteiger partial charge >= 0.3 is 0 Å². The van der Waals surface area contributed by atoms with Crippen LogP contribution in [0.4, 0.5) is 0 Å². The molecule has 0 aromatic carbocycles. The van der Waals surface area contributed by atoms with E-state index in [0.29, 0.717) is 11.8 Å². The molecule has 2 aliphatic carbocycles. The summed E-state index contributed by atoms with van der Waals surface area (Å²) in [7, 11) is 0. The molecule has 0 aromatic rings. The van der Waals surface area contributed by atoms with Crippen LogP contribution < -0.4 is 5.73 Å². The minimum atomic E-state index is 0.271. The molecule has 2 rings (SSSR count). The highest BCUT2D eigenvalue weighted by molar-refractivity contribution is 5.22. The van der Waals surface area contributed by atoms with Crippen LogP contribution in [0.3, 0.4) is 0 Å². The first kappa shape index (κ1) is 6.86. The third kappa shape index (κ3) is 1.29. The second-order valence-electron chi connectivity index (χ2n) is 3.30. The Balaban J connectivity index is 2.20. The Labute approximate surface area is 67.3 Å². The Morgan fingerprint density at radius 2 is 1.82 bits per heavy atom. The molecule has 0 bridgehead atoms. The van der Waals surface area contributed by atoms with Crippen LogP contribution in [-0.2, 0) is 0 Å². The van der Waals surface area contributed by atoms with Gasteiger partial charge in [0, 0.05) is 12.0 Å². The predicted molar refractivity (Wildman–Crippen MR) is 47.0 cm³/mol. The van der Waals surface area contributed by atoms with E-state index in [1.54, 1.807) is 0 Å². The third-order valence-electron chi connectivity index (χ3n) is 2.42. The number of hydrogen-bond acceptors (Lipinski definition) is 1. The Hall–Kier alpha value is -0.820. The van der Waals surface area contributed by atoms with Crippen molar-refractivity contribution in [3.8, 4) is 0 Å². The molecule has 1 nitrogen and oxygen atoms in total. The van der Waals surface area contributed by atoms with E-state index in [1.165, 1.54) is 0 Å². The van der Waals surface area contributed by atoms with E-state index in [2.05, 4.69) is 36.5 Å². The van der Waals surface area contributed by atoms with Crippen LogP contribution in [0.15, 0.2) is 36.5 Å². The molecule has 0 heterocycles. The maximum absolute atomic E-state index is 5.80. The van der Waals surface area contributed by atoms with Crippen molar-refractivity contribution in [2.45, 2.75) is 12.5 Å². The highest BCUT2D eigenvalue weighted by Crippen LogP contribution is 2.28. The highest BCUT2D eigenvalue weighted by atomic mass is 14.6. The van der Waals surface area contributed by atoms with Crippen molar-refractivity contribution in [1.29, 1.82) is 0 Å².